The van der Waals surface area contributed by atoms with Gasteiger partial charge in [0.15, 0.2) is 5.78 Å². The van der Waals surface area contributed by atoms with Gasteiger partial charge in [-0.25, -0.2) is 8.42 Å². The number of sulfonamides is 1. The molecule has 2 heterocycles. The molecule has 1 aromatic heterocycles. The molecule has 0 amide bonds. The van der Waals surface area contributed by atoms with E-state index in [4.69, 9.17) is 0 Å². The molecule has 0 saturated heterocycles. The molecule has 21 heavy (non-hydrogen) atoms. The summed E-state index contributed by atoms with van der Waals surface area (Å²) in [5.41, 5.74) is 1.51. The number of carbonyl (C=O) groups excluding carboxylic acids is 1. The lowest BCUT2D eigenvalue weighted by Gasteiger charge is -2.27. The zero-order valence-electron chi connectivity index (χ0n) is 11.7. The van der Waals surface area contributed by atoms with Gasteiger partial charge >= 0.3 is 0 Å². The first-order valence-electron chi connectivity index (χ1n) is 6.73. The lowest BCUT2D eigenvalue weighted by molar-refractivity contribution is 0.101. The molecule has 1 aliphatic heterocycles. The van der Waals surface area contributed by atoms with Crippen molar-refractivity contribution in [1.29, 1.82) is 0 Å². The fourth-order valence-electron chi connectivity index (χ4n) is 2.51. The Hall–Kier alpha value is -1.92. The third-order valence-electron chi connectivity index (χ3n) is 3.75. The number of aromatic nitrogens is 1. The van der Waals surface area contributed by atoms with Gasteiger partial charge in [-0.2, -0.15) is 4.31 Å². The highest BCUT2D eigenvalue weighted by Crippen LogP contribution is 2.22. The van der Waals surface area contributed by atoms with Crippen LogP contribution in [0.15, 0.2) is 47.5 Å². The number of fused-ring (bicyclic) bond motifs is 1. The second-order valence-electron chi connectivity index (χ2n) is 5.11. The molecule has 1 aliphatic rings. The molecule has 3 rings (SSSR count). The maximum Gasteiger partial charge on any atom is 0.243 e. The predicted octanol–water partition coefficient (Wildman–Crippen LogP) is 1.90. The van der Waals surface area contributed by atoms with Crippen molar-refractivity contribution in [2.24, 2.45) is 0 Å². The van der Waals surface area contributed by atoms with Crippen LogP contribution in [0.4, 0.5) is 0 Å². The summed E-state index contributed by atoms with van der Waals surface area (Å²) in [7, 11) is -3.52. The van der Waals surface area contributed by atoms with Gasteiger partial charge in [-0.05, 0) is 31.2 Å². The summed E-state index contributed by atoms with van der Waals surface area (Å²) in [5.74, 6) is -0.0743. The smallest absolute Gasteiger partial charge is 0.243 e. The number of ketones is 1. The van der Waals surface area contributed by atoms with Crippen LogP contribution in [0.5, 0.6) is 0 Å². The number of rotatable bonds is 3. The summed E-state index contributed by atoms with van der Waals surface area (Å²) in [6.07, 6.45) is 1.96. The highest BCUT2D eigenvalue weighted by molar-refractivity contribution is 7.89. The van der Waals surface area contributed by atoms with Crippen molar-refractivity contribution < 1.29 is 13.2 Å². The highest BCUT2D eigenvalue weighted by atomic mass is 32.2. The monoisotopic (exact) mass is 304 g/mol. The zero-order chi connectivity index (χ0) is 15.0. The zero-order valence-corrected chi connectivity index (χ0v) is 12.5. The molecule has 0 fully saturated rings. The van der Waals surface area contributed by atoms with Crippen LogP contribution in [0, 0.1) is 0 Å². The Bertz CT molecular complexity index is 776. The van der Waals surface area contributed by atoms with Gasteiger partial charge in [0.2, 0.25) is 10.0 Å². The normalized spacial score (nSPS) is 15.7. The van der Waals surface area contributed by atoms with E-state index in [0.29, 0.717) is 25.2 Å². The number of benzene rings is 1. The number of carbonyl (C=O) groups is 1. The van der Waals surface area contributed by atoms with E-state index in [1.165, 1.54) is 23.4 Å². The molecule has 5 nitrogen and oxygen atoms in total. The molecular weight excluding hydrogens is 288 g/mol. The summed E-state index contributed by atoms with van der Waals surface area (Å²) >= 11 is 0. The van der Waals surface area contributed by atoms with E-state index in [1.54, 1.807) is 12.1 Å². The third-order valence-corrected chi connectivity index (χ3v) is 5.61. The standard InChI is InChI=1S/C15H16N2O3S/c1-12(18)13-4-6-15(7-5-13)21(19,20)17-10-9-16-8-2-3-14(16)11-17/h2-8H,9-11H2,1H3. The van der Waals surface area contributed by atoms with Crippen LogP contribution in [0.2, 0.25) is 0 Å². The highest BCUT2D eigenvalue weighted by Gasteiger charge is 2.28. The lowest BCUT2D eigenvalue weighted by atomic mass is 10.2. The van der Waals surface area contributed by atoms with Crippen molar-refractivity contribution >= 4 is 15.8 Å². The maximum absolute atomic E-state index is 12.6. The van der Waals surface area contributed by atoms with Crippen LogP contribution >= 0.6 is 0 Å². The summed E-state index contributed by atoms with van der Waals surface area (Å²) in [5, 5.41) is 0. The Kier molecular flexibility index (Phi) is 3.43. The average Bonchev–Trinajstić information content (AvgIpc) is 2.94. The molecule has 0 radical (unpaired) electrons. The summed E-state index contributed by atoms with van der Waals surface area (Å²) in [4.78, 5) is 11.5. The van der Waals surface area contributed by atoms with Gasteiger partial charge in [-0.15, -0.1) is 0 Å². The second kappa shape index (κ2) is 5.13. The molecule has 0 atom stereocenters. The Morgan fingerprint density at radius 2 is 1.81 bits per heavy atom. The third kappa shape index (κ3) is 2.52. The number of Topliss-reactive ketones (excluding diaryl/α,β-unsaturated/α-hetero) is 1. The lowest BCUT2D eigenvalue weighted by Crippen LogP contribution is -2.37. The molecule has 1 aromatic carbocycles. The Morgan fingerprint density at radius 3 is 2.48 bits per heavy atom. The number of hydrogen-bond acceptors (Lipinski definition) is 3. The van der Waals surface area contributed by atoms with Crippen molar-refractivity contribution in [3.63, 3.8) is 0 Å². The molecule has 0 unspecified atom stereocenters. The van der Waals surface area contributed by atoms with E-state index in [1.807, 2.05) is 18.3 Å². The van der Waals surface area contributed by atoms with E-state index in [9.17, 15) is 13.2 Å². The average molecular weight is 304 g/mol. The molecular formula is C15H16N2O3S. The van der Waals surface area contributed by atoms with Crippen molar-refractivity contribution in [1.82, 2.24) is 8.87 Å². The van der Waals surface area contributed by atoms with Crippen molar-refractivity contribution in [2.75, 3.05) is 6.54 Å². The van der Waals surface area contributed by atoms with Gasteiger partial charge in [0.1, 0.15) is 0 Å². The van der Waals surface area contributed by atoms with Gasteiger partial charge in [-0.3, -0.25) is 4.79 Å². The van der Waals surface area contributed by atoms with Gasteiger partial charge in [0, 0.05) is 30.5 Å². The first-order chi connectivity index (χ1) is 9.98. The van der Waals surface area contributed by atoms with Crippen LogP contribution in [-0.2, 0) is 23.1 Å². The van der Waals surface area contributed by atoms with Gasteiger partial charge in [-0.1, -0.05) is 12.1 Å². The molecule has 6 heteroatoms. The van der Waals surface area contributed by atoms with Crippen LogP contribution in [0.1, 0.15) is 23.0 Å². The van der Waals surface area contributed by atoms with Gasteiger partial charge < -0.3 is 4.57 Å². The minimum Gasteiger partial charge on any atom is -0.349 e. The molecule has 0 N–H and O–H groups in total. The van der Waals surface area contributed by atoms with Crippen LogP contribution in [0.3, 0.4) is 0 Å². The second-order valence-corrected chi connectivity index (χ2v) is 7.05. The first-order valence-corrected chi connectivity index (χ1v) is 8.17. The molecule has 0 saturated carbocycles. The Balaban J connectivity index is 1.89. The van der Waals surface area contributed by atoms with E-state index >= 15 is 0 Å². The van der Waals surface area contributed by atoms with Crippen LogP contribution in [-0.4, -0.2) is 29.6 Å². The van der Waals surface area contributed by atoms with Gasteiger partial charge in [0.25, 0.3) is 0 Å². The quantitative estimate of drug-likeness (QED) is 0.814. The SMILES string of the molecule is CC(=O)c1ccc(S(=O)(=O)N2CCn3cccc3C2)cc1. The van der Waals surface area contributed by atoms with E-state index in [2.05, 4.69) is 4.57 Å². The van der Waals surface area contributed by atoms with E-state index < -0.39 is 10.0 Å². The molecule has 0 spiro atoms. The summed E-state index contributed by atoms with van der Waals surface area (Å²) in [6.45, 7) is 2.96. The summed E-state index contributed by atoms with van der Waals surface area (Å²) < 4.78 is 28.8. The topological polar surface area (TPSA) is 59.4 Å². The number of nitrogens with zero attached hydrogens (tertiary/aromatic N) is 2. The minimum absolute atomic E-state index is 0.0743. The Labute approximate surface area is 123 Å². The van der Waals surface area contributed by atoms with Gasteiger partial charge in [0.05, 0.1) is 11.4 Å². The molecule has 110 valence electrons. The van der Waals surface area contributed by atoms with Crippen molar-refractivity contribution in [3.05, 3.63) is 53.9 Å². The largest absolute Gasteiger partial charge is 0.349 e. The molecule has 0 aliphatic carbocycles. The predicted molar refractivity (Wildman–Crippen MR) is 78.5 cm³/mol. The Morgan fingerprint density at radius 1 is 1.10 bits per heavy atom. The van der Waals surface area contributed by atoms with Crippen molar-refractivity contribution in [2.45, 2.75) is 24.9 Å². The maximum atomic E-state index is 12.6. The van der Waals surface area contributed by atoms with Crippen molar-refractivity contribution in [3.8, 4) is 0 Å². The molecule has 2 aromatic rings. The van der Waals surface area contributed by atoms with E-state index in [-0.39, 0.29) is 10.7 Å². The fraction of sp³-hybridized carbons (Fsp3) is 0.267. The number of hydrogen-bond donors (Lipinski definition) is 0. The molecule has 0 bridgehead atoms. The first kappa shape index (κ1) is 14.0. The van der Waals surface area contributed by atoms with Crippen LogP contribution < -0.4 is 0 Å². The summed E-state index contributed by atoms with van der Waals surface area (Å²) in [6, 6.07) is 9.97. The van der Waals surface area contributed by atoms with Crippen LogP contribution in [0.25, 0.3) is 0 Å². The van der Waals surface area contributed by atoms with E-state index in [0.717, 1.165) is 5.69 Å². The minimum atomic E-state index is -3.52. The fourth-order valence-corrected chi connectivity index (χ4v) is 3.91.